The average molecular weight is 498 g/mol. The zero-order valence-electron chi connectivity index (χ0n) is 20.1. The Balaban J connectivity index is 1.97. The van der Waals surface area contributed by atoms with Crippen LogP contribution in [-0.4, -0.2) is 52.7 Å². The molecule has 36 heavy (non-hydrogen) atoms. The highest BCUT2D eigenvalue weighted by molar-refractivity contribution is 5.95. The van der Waals surface area contributed by atoms with Crippen molar-refractivity contribution in [3.8, 4) is 28.7 Å². The summed E-state index contributed by atoms with van der Waals surface area (Å²) in [7, 11) is 2.87. The number of carboxylic acid groups (broad SMARTS) is 1. The average Bonchev–Trinajstić information content (AvgIpc) is 2.86. The zero-order chi connectivity index (χ0) is 26.2. The second-order valence-corrected chi connectivity index (χ2v) is 7.68. The number of aromatic hydroxyl groups is 1. The summed E-state index contributed by atoms with van der Waals surface area (Å²) in [6.07, 6.45) is 0.326. The minimum atomic E-state index is -1.17. The Morgan fingerprint density at radius 3 is 2.44 bits per heavy atom. The van der Waals surface area contributed by atoms with Crippen LogP contribution in [-0.2, 0) is 4.79 Å². The quantitative estimate of drug-likeness (QED) is 0.363. The van der Waals surface area contributed by atoms with Crippen molar-refractivity contribution in [2.45, 2.75) is 25.8 Å². The van der Waals surface area contributed by atoms with Crippen LogP contribution < -0.4 is 25.1 Å². The number of carboxylic acids is 1. The molecule has 0 saturated carbocycles. The van der Waals surface area contributed by atoms with E-state index >= 15 is 0 Å². The first-order chi connectivity index (χ1) is 17.3. The van der Waals surface area contributed by atoms with E-state index in [2.05, 4.69) is 10.4 Å². The highest BCUT2D eigenvalue weighted by Gasteiger charge is 2.24. The molecule has 0 aliphatic carbocycles. The fourth-order valence-electron chi connectivity index (χ4n) is 3.47. The fraction of sp³-hybridized carbons (Fsp3) is 0.280. The minimum absolute atomic E-state index is 0.258. The third-order valence-corrected chi connectivity index (χ3v) is 5.18. The summed E-state index contributed by atoms with van der Waals surface area (Å²) in [4.78, 5) is 37.2. The Hall–Kier alpha value is -4.54. The van der Waals surface area contributed by atoms with Gasteiger partial charge in [-0.2, -0.15) is 9.78 Å². The van der Waals surface area contributed by atoms with Gasteiger partial charge < -0.3 is 29.7 Å². The van der Waals surface area contributed by atoms with Crippen LogP contribution in [0.3, 0.4) is 0 Å². The van der Waals surface area contributed by atoms with Crippen LogP contribution in [0, 0.1) is 0 Å². The molecule has 1 aromatic heterocycles. The van der Waals surface area contributed by atoms with E-state index in [1.165, 1.54) is 14.2 Å². The number of benzene rings is 2. The van der Waals surface area contributed by atoms with Crippen molar-refractivity contribution in [3.05, 3.63) is 70.1 Å². The molecular formula is C25H27N3O8. The number of carbonyl (C=O) groups excluding carboxylic acids is 1. The lowest BCUT2D eigenvalue weighted by Gasteiger charge is -2.20. The third kappa shape index (κ3) is 5.93. The van der Waals surface area contributed by atoms with Gasteiger partial charge in [-0.05, 0) is 36.2 Å². The molecule has 1 unspecified atom stereocenters. The number of carbonyl (C=O) groups is 2. The van der Waals surface area contributed by atoms with Gasteiger partial charge in [-0.3, -0.25) is 14.4 Å². The van der Waals surface area contributed by atoms with E-state index in [0.717, 1.165) is 17.2 Å². The van der Waals surface area contributed by atoms with Crippen molar-refractivity contribution in [1.29, 1.82) is 0 Å². The molecule has 11 heteroatoms. The second kappa shape index (κ2) is 11.7. The van der Waals surface area contributed by atoms with E-state index in [1.807, 2.05) is 6.92 Å². The molecule has 0 bridgehead atoms. The number of aromatic nitrogens is 2. The number of para-hydroxylation sites is 2. The van der Waals surface area contributed by atoms with Gasteiger partial charge in [0.15, 0.2) is 22.9 Å². The largest absolute Gasteiger partial charge is 0.505 e. The summed E-state index contributed by atoms with van der Waals surface area (Å²) < 4.78 is 17.2. The van der Waals surface area contributed by atoms with E-state index in [0.29, 0.717) is 29.4 Å². The summed E-state index contributed by atoms with van der Waals surface area (Å²) in [6.45, 7) is 2.43. The summed E-state index contributed by atoms with van der Waals surface area (Å²) in [6, 6.07) is 11.2. The SMILES string of the molecule is CCCOc1ccc(C(CC(=O)O)NC(=O)c2nn(-c3ccccc3OC)c(=O)cc2O)cc1OC. The van der Waals surface area contributed by atoms with E-state index < -0.39 is 41.3 Å². The number of nitrogens with one attached hydrogen (secondary N) is 1. The number of ether oxygens (including phenoxy) is 3. The first-order valence-corrected chi connectivity index (χ1v) is 11.1. The summed E-state index contributed by atoms with van der Waals surface area (Å²) in [5.74, 6) is -1.53. The molecule has 1 heterocycles. The second-order valence-electron chi connectivity index (χ2n) is 7.68. The predicted molar refractivity (Wildman–Crippen MR) is 129 cm³/mol. The normalized spacial score (nSPS) is 11.4. The molecule has 190 valence electrons. The maximum atomic E-state index is 13.1. The van der Waals surface area contributed by atoms with Gasteiger partial charge >= 0.3 is 5.97 Å². The third-order valence-electron chi connectivity index (χ3n) is 5.18. The molecule has 0 saturated heterocycles. The molecule has 1 atom stereocenters. The van der Waals surface area contributed by atoms with Gasteiger partial charge in [0.25, 0.3) is 11.5 Å². The van der Waals surface area contributed by atoms with Crippen molar-refractivity contribution in [1.82, 2.24) is 15.1 Å². The van der Waals surface area contributed by atoms with Crippen LogP contribution in [0.2, 0.25) is 0 Å². The highest BCUT2D eigenvalue weighted by Crippen LogP contribution is 2.32. The highest BCUT2D eigenvalue weighted by atomic mass is 16.5. The maximum absolute atomic E-state index is 13.1. The molecule has 2 aromatic carbocycles. The van der Waals surface area contributed by atoms with Crippen molar-refractivity contribution in [2.24, 2.45) is 0 Å². The first kappa shape index (κ1) is 26.1. The summed E-state index contributed by atoms with van der Waals surface area (Å²) >= 11 is 0. The number of hydrogen-bond acceptors (Lipinski definition) is 8. The van der Waals surface area contributed by atoms with Gasteiger partial charge in [0.05, 0.1) is 33.3 Å². The van der Waals surface area contributed by atoms with Gasteiger partial charge in [0.2, 0.25) is 0 Å². The van der Waals surface area contributed by atoms with Gasteiger partial charge in [0, 0.05) is 6.07 Å². The number of amides is 1. The molecule has 3 N–H and O–H groups in total. The van der Waals surface area contributed by atoms with Crippen LogP contribution in [0.1, 0.15) is 41.9 Å². The minimum Gasteiger partial charge on any atom is -0.505 e. The monoisotopic (exact) mass is 497 g/mol. The summed E-state index contributed by atoms with van der Waals surface area (Å²) in [5, 5.41) is 26.3. The van der Waals surface area contributed by atoms with E-state index in [4.69, 9.17) is 14.2 Å². The van der Waals surface area contributed by atoms with Gasteiger partial charge in [-0.15, -0.1) is 0 Å². The number of rotatable bonds is 11. The van der Waals surface area contributed by atoms with Crippen molar-refractivity contribution >= 4 is 11.9 Å². The van der Waals surface area contributed by atoms with E-state index in [1.54, 1.807) is 42.5 Å². The zero-order valence-corrected chi connectivity index (χ0v) is 20.1. The van der Waals surface area contributed by atoms with Crippen LogP contribution >= 0.6 is 0 Å². The molecule has 1 amide bonds. The lowest BCUT2D eigenvalue weighted by molar-refractivity contribution is -0.137. The topological polar surface area (TPSA) is 149 Å². The molecule has 0 radical (unpaired) electrons. The fourth-order valence-corrected chi connectivity index (χ4v) is 3.47. The Kier molecular flexibility index (Phi) is 8.50. The Morgan fingerprint density at radius 1 is 1.06 bits per heavy atom. The van der Waals surface area contributed by atoms with Crippen molar-refractivity contribution < 1.29 is 34.0 Å². The Labute approximate surface area is 206 Å². The molecule has 11 nitrogen and oxygen atoms in total. The smallest absolute Gasteiger partial charge is 0.305 e. The van der Waals surface area contributed by atoms with Gasteiger partial charge in [0.1, 0.15) is 11.4 Å². The molecule has 0 aliphatic rings. The molecule has 3 aromatic rings. The van der Waals surface area contributed by atoms with Gasteiger partial charge in [-0.25, -0.2) is 0 Å². The Bertz CT molecular complexity index is 1300. The number of methoxy groups -OCH3 is 2. The molecule has 3 rings (SSSR count). The standard InChI is InChI=1S/C25H27N3O8/c1-4-11-36-20-10-9-15(12-21(20)35-3)16(13-23(31)32)26-25(33)24-18(29)14-22(30)28(27-24)17-7-5-6-8-19(17)34-2/h5-10,12,14,16,29H,4,11,13H2,1-3H3,(H,26,33)(H,31,32). The molecule has 0 fully saturated rings. The van der Waals surface area contributed by atoms with Gasteiger partial charge in [-0.1, -0.05) is 25.1 Å². The van der Waals surface area contributed by atoms with Crippen LogP contribution in [0.4, 0.5) is 0 Å². The molecule has 0 spiro atoms. The van der Waals surface area contributed by atoms with E-state index in [9.17, 15) is 24.6 Å². The van der Waals surface area contributed by atoms with Crippen LogP contribution in [0.5, 0.6) is 23.0 Å². The predicted octanol–water partition coefficient (Wildman–Crippen LogP) is 2.69. The van der Waals surface area contributed by atoms with Crippen LogP contribution in [0.25, 0.3) is 5.69 Å². The lowest BCUT2D eigenvalue weighted by atomic mass is 10.0. The lowest BCUT2D eigenvalue weighted by Crippen LogP contribution is -2.33. The molecule has 0 aliphatic heterocycles. The number of nitrogens with zero attached hydrogens (tertiary/aromatic N) is 2. The van der Waals surface area contributed by atoms with Crippen molar-refractivity contribution in [2.75, 3.05) is 20.8 Å². The Morgan fingerprint density at radius 2 is 1.78 bits per heavy atom. The molecular weight excluding hydrogens is 470 g/mol. The van der Waals surface area contributed by atoms with Crippen LogP contribution in [0.15, 0.2) is 53.3 Å². The summed E-state index contributed by atoms with van der Waals surface area (Å²) in [5.41, 5.74) is -0.466. The van der Waals surface area contributed by atoms with E-state index in [-0.39, 0.29) is 5.69 Å². The maximum Gasteiger partial charge on any atom is 0.305 e. The number of aliphatic carboxylic acids is 1. The number of hydrogen-bond donors (Lipinski definition) is 3. The first-order valence-electron chi connectivity index (χ1n) is 11.1. The van der Waals surface area contributed by atoms with Crippen molar-refractivity contribution in [3.63, 3.8) is 0 Å².